The molecule has 2 atom stereocenters. The van der Waals surface area contributed by atoms with Gasteiger partial charge in [0.05, 0.1) is 19.1 Å². The van der Waals surface area contributed by atoms with E-state index in [2.05, 4.69) is 0 Å². The molecule has 2 aromatic rings. The van der Waals surface area contributed by atoms with Crippen molar-refractivity contribution in [1.82, 2.24) is 0 Å². The number of amides is 1. The second-order valence-electron chi connectivity index (χ2n) is 5.80. The van der Waals surface area contributed by atoms with Crippen molar-refractivity contribution in [2.75, 3.05) is 12.0 Å². The van der Waals surface area contributed by atoms with Crippen molar-refractivity contribution in [3.05, 3.63) is 60.2 Å². The van der Waals surface area contributed by atoms with E-state index < -0.39 is 17.9 Å². The Hall–Kier alpha value is -2.82. The zero-order valence-electron chi connectivity index (χ0n) is 13.4. The normalized spacial score (nSPS) is 20.7. The Labute approximate surface area is 140 Å². The van der Waals surface area contributed by atoms with Crippen molar-refractivity contribution in [2.24, 2.45) is 5.92 Å². The predicted molar refractivity (Wildman–Crippen MR) is 90.0 cm³/mol. The summed E-state index contributed by atoms with van der Waals surface area (Å²) in [5, 5.41) is 9.65. The lowest BCUT2D eigenvalue weighted by atomic mass is 9.84. The molecule has 1 amide bonds. The quantitative estimate of drug-likeness (QED) is 0.937. The van der Waals surface area contributed by atoms with Gasteiger partial charge in [-0.2, -0.15) is 0 Å². The molecule has 1 heterocycles. The molecule has 124 valence electrons. The molecule has 1 N–H and O–H groups in total. The molecule has 3 rings (SSSR count). The summed E-state index contributed by atoms with van der Waals surface area (Å²) in [5.41, 5.74) is 1.51. The van der Waals surface area contributed by atoms with Crippen molar-refractivity contribution in [1.29, 1.82) is 0 Å². The summed E-state index contributed by atoms with van der Waals surface area (Å²) in [6.45, 7) is 0. The lowest BCUT2D eigenvalue weighted by molar-refractivity contribution is -0.144. The summed E-state index contributed by atoms with van der Waals surface area (Å²) in [6.07, 6.45) is 0.576. The van der Waals surface area contributed by atoms with E-state index in [1.165, 1.54) is 0 Å². The summed E-state index contributed by atoms with van der Waals surface area (Å²) in [7, 11) is 1.58. The number of hydrogen-bond acceptors (Lipinski definition) is 3. The first-order chi connectivity index (χ1) is 11.6. The fraction of sp³-hybridized carbons (Fsp3) is 0.263. The molecule has 5 heteroatoms. The average Bonchev–Trinajstić information content (AvgIpc) is 2.62. The Morgan fingerprint density at radius 3 is 2.38 bits per heavy atom. The van der Waals surface area contributed by atoms with Gasteiger partial charge in [-0.1, -0.05) is 30.3 Å². The third kappa shape index (κ3) is 2.97. The van der Waals surface area contributed by atoms with Gasteiger partial charge in [-0.15, -0.1) is 0 Å². The van der Waals surface area contributed by atoms with E-state index in [0.717, 1.165) is 5.56 Å². The molecule has 0 bridgehead atoms. The minimum Gasteiger partial charge on any atom is -0.497 e. The molecule has 1 saturated heterocycles. The molecule has 5 nitrogen and oxygen atoms in total. The molecule has 0 aromatic heterocycles. The van der Waals surface area contributed by atoms with Gasteiger partial charge in [-0.25, -0.2) is 0 Å². The van der Waals surface area contributed by atoms with E-state index >= 15 is 0 Å². The molecule has 24 heavy (non-hydrogen) atoms. The van der Waals surface area contributed by atoms with Crippen LogP contribution < -0.4 is 9.64 Å². The number of nitrogens with zero attached hydrogens (tertiary/aromatic N) is 1. The third-order valence-electron chi connectivity index (χ3n) is 4.41. The maximum Gasteiger partial charge on any atom is 0.308 e. The van der Waals surface area contributed by atoms with Crippen molar-refractivity contribution in [3.8, 4) is 5.75 Å². The zero-order chi connectivity index (χ0) is 17.1. The molecule has 0 aliphatic carbocycles. The smallest absolute Gasteiger partial charge is 0.308 e. The van der Waals surface area contributed by atoms with Crippen LogP contribution in [-0.4, -0.2) is 24.1 Å². The highest BCUT2D eigenvalue weighted by Crippen LogP contribution is 2.40. The Morgan fingerprint density at radius 1 is 1.12 bits per heavy atom. The van der Waals surface area contributed by atoms with Gasteiger partial charge in [0.15, 0.2) is 0 Å². The average molecular weight is 325 g/mol. The monoisotopic (exact) mass is 325 g/mol. The molecular formula is C19H19NO4. The number of hydrogen-bond donors (Lipinski definition) is 1. The Kier molecular flexibility index (Phi) is 4.51. The number of carboxylic acids is 1. The molecule has 0 spiro atoms. The van der Waals surface area contributed by atoms with E-state index in [0.29, 0.717) is 17.9 Å². The topological polar surface area (TPSA) is 66.8 Å². The van der Waals surface area contributed by atoms with Crippen LogP contribution in [0.2, 0.25) is 0 Å². The van der Waals surface area contributed by atoms with E-state index in [9.17, 15) is 14.7 Å². The van der Waals surface area contributed by atoms with Crippen molar-refractivity contribution in [2.45, 2.75) is 18.9 Å². The number of rotatable bonds is 4. The fourth-order valence-corrected chi connectivity index (χ4v) is 3.23. The predicted octanol–water partition coefficient (Wildman–Crippen LogP) is 3.26. The van der Waals surface area contributed by atoms with E-state index in [1.807, 2.05) is 30.3 Å². The largest absolute Gasteiger partial charge is 0.497 e. The fourth-order valence-electron chi connectivity index (χ4n) is 3.23. The van der Waals surface area contributed by atoms with Gasteiger partial charge in [0, 0.05) is 12.1 Å². The summed E-state index contributed by atoms with van der Waals surface area (Å²) in [4.78, 5) is 26.0. The highest BCUT2D eigenvalue weighted by molar-refractivity contribution is 5.96. The van der Waals surface area contributed by atoms with Gasteiger partial charge >= 0.3 is 5.97 Å². The number of benzene rings is 2. The Balaban J connectivity index is 2.07. The molecular weight excluding hydrogens is 306 g/mol. The minimum atomic E-state index is -0.880. The first kappa shape index (κ1) is 16.1. The SMILES string of the molecule is COc1ccc(N2C(=O)CCC(C(=O)O)C2c2ccccc2)cc1. The van der Waals surface area contributed by atoms with Gasteiger partial charge in [0.2, 0.25) is 5.91 Å². The highest BCUT2D eigenvalue weighted by atomic mass is 16.5. The summed E-state index contributed by atoms with van der Waals surface area (Å²) < 4.78 is 5.16. The first-order valence-corrected chi connectivity index (χ1v) is 7.85. The second-order valence-corrected chi connectivity index (χ2v) is 5.80. The van der Waals surface area contributed by atoms with Gasteiger partial charge < -0.3 is 14.7 Å². The Bertz CT molecular complexity index is 727. The number of carbonyl (C=O) groups is 2. The van der Waals surface area contributed by atoms with Crippen molar-refractivity contribution < 1.29 is 19.4 Å². The van der Waals surface area contributed by atoms with Crippen LogP contribution in [0, 0.1) is 5.92 Å². The van der Waals surface area contributed by atoms with Crippen LogP contribution in [-0.2, 0) is 9.59 Å². The molecule has 1 aliphatic rings. The van der Waals surface area contributed by atoms with Crippen molar-refractivity contribution in [3.63, 3.8) is 0 Å². The Morgan fingerprint density at radius 2 is 1.79 bits per heavy atom. The number of carboxylic acid groups (broad SMARTS) is 1. The van der Waals surface area contributed by atoms with E-state index in [1.54, 1.807) is 36.3 Å². The number of aliphatic carboxylic acids is 1. The number of carbonyl (C=O) groups excluding carboxylic acids is 1. The summed E-state index contributed by atoms with van der Waals surface area (Å²) in [5.74, 6) is -0.886. The number of methoxy groups -OCH3 is 1. The van der Waals surface area contributed by atoms with Crippen LogP contribution >= 0.6 is 0 Å². The first-order valence-electron chi connectivity index (χ1n) is 7.85. The molecule has 0 saturated carbocycles. The zero-order valence-corrected chi connectivity index (χ0v) is 13.4. The van der Waals surface area contributed by atoms with Gasteiger partial charge in [0.1, 0.15) is 5.75 Å². The molecule has 1 aliphatic heterocycles. The molecule has 2 aromatic carbocycles. The van der Waals surface area contributed by atoms with Gasteiger partial charge in [-0.3, -0.25) is 9.59 Å². The molecule has 1 fully saturated rings. The van der Waals surface area contributed by atoms with Crippen LogP contribution in [0.15, 0.2) is 54.6 Å². The highest BCUT2D eigenvalue weighted by Gasteiger charge is 2.41. The maximum atomic E-state index is 12.6. The minimum absolute atomic E-state index is 0.0634. The third-order valence-corrected chi connectivity index (χ3v) is 4.41. The lowest BCUT2D eigenvalue weighted by Crippen LogP contribution is -2.45. The van der Waals surface area contributed by atoms with Gasteiger partial charge in [-0.05, 0) is 36.2 Å². The summed E-state index contributed by atoms with van der Waals surface area (Å²) >= 11 is 0. The van der Waals surface area contributed by atoms with E-state index in [-0.39, 0.29) is 12.3 Å². The van der Waals surface area contributed by atoms with Crippen LogP contribution in [0.1, 0.15) is 24.4 Å². The van der Waals surface area contributed by atoms with Crippen LogP contribution in [0.4, 0.5) is 5.69 Å². The molecule has 2 unspecified atom stereocenters. The van der Waals surface area contributed by atoms with Gasteiger partial charge in [0.25, 0.3) is 0 Å². The lowest BCUT2D eigenvalue weighted by Gasteiger charge is -2.39. The summed E-state index contributed by atoms with van der Waals surface area (Å²) in [6, 6.07) is 15.9. The number of anilines is 1. The maximum absolute atomic E-state index is 12.6. The van der Waals surface area contributed by atoms with Crippen LogP contribution in [0.25, 0.3) is 0 Å². The van der Waals surface area contributed by atoms with Crippen molar-refractivity contribution >= 4 is 17.6 Å². The number of piperidine rings is 1. The second kappa shape index (κ2) is 6.74. The van der Waals surface area contributed by atoms with Crippen LogP contribution in [0.5, 0.6) is 5.75 Å². The van der Waals surface area contributed by atoms with Crippen LogP contribution in [0.3, 0.4) is 0 Å². The number of ether oxygens (including phenoxy) is 1. The van der Waals surface area contributed by atoms with E-state index in [4.69, 9.17) is 4.74 Å². The standard InChI is InChI=1S/C19H19NO4/c1-24-15-9-7-14(8-10-15)20-17(21)12-11-16(19(22)23)18(20)13-5-3-2-4-6-13/h2-10,16,18H,11-12H2,1H3,(H,22,23). The molecule has 0 radical (unpaired) electrons.